The standard InChI is InChI=1S/C21H22F3N3O3S/c1-14-10-17(15-12-25-27(13-15)9-5-8-26-31(2,29)30)20(18(11-14)21(22,23)24)16-6-3-4-7-19(16)28/h3-4,6-7,10-13,26,28H,5,8-9H2,1-2H3. The van der Waals surface area contributed by atoms with Gasteiger partial charge in [0.15, 0.2) is 0 Å². The number of nitrogens with zero attached hydrogens (tertiary/aromatic N) is 2. The summed E-state index contributed by atoms with van der Waals surface area (Å²) in [6, 6.07) is 8.59. The van der Waals surface area contributed by atoms with Crippen LogP contribution in [0.25, 0.3) is 22.3 Å². The number of halogens is 3. The van der Waals surface area contributed by atoms with E-state index in [0.717, 1.165) is 12.3 Å². The van der Waals surface area contributed by atoms with E-state index in [0.29, 0.717) is 29.7 Å². The van der Waals surface area contributed by atoms with Gasteiger partial charge in [-0.25, -0.2) is 13.1 Å². The highest BCUT2D eigenvalue weighted by Crippen LogP contribution is 2.45. The van der Waals surface area contributed by atoms with Gasteiger partial charge >= 0.3 is 6.18 Å². The van der Waals surface area contributed by atoms with Crippen LogP contribution in [0.4, 0.5) is 13.2 Å². The van der Waals surface area contributed by atoms with Crippen LogP contribution >= 0.6 is 0 Å². The van der Waals surface area contributed by atoms with Crippen molar-refractivity contribution in [2.24, 2.45) is 0 Å². The van der Waals surface area contributed by atoms with Crippen molar-refractivity contribution in [2.45, 2.75) is 26.1 Å². The lowest BCUT2D eigenvalue weighted by atomic mass is 9.89. The van der Waals surface area contributed by atoms with Gasteiger partial charge in [-0.15, -0.1) is 0 Å². The SMILES string of the molecule is Cc1cc(-c2cnn(CCCNS(C)(=O)=O)c2)c(-c2ccccc2O)c(C(F)(F)F)c1. The Morgan fingerprint density at radius 3 is 2.52 bits per heavy atom. The van der Waals surface area contributed by atoms with Crippen LogP contribution in [0.5, 0.6) is 5.75 Å². The van der Waals surface area contributed by atoms with E-state index in [1.807, 2.05) is 0 Å². The van der Waals surface area contributed by atoms with Crippen molar-refractivity contribution in [1.29, 1.82) is 0 Å². The minimum absolute atomic E-state index is 0.0786. The molecule has 0 atom stereocenters. The summed E-state index contributed by atoms with van der Waals surface area (Å²) in [5.74, 6) is -0.252. The first-order chi connectivity index (χ1) is 14.5. The lowest BCUT2D eigenvalue weighted by Gasteiger charge is -2.19. The molecule has 1 heterocycles. The minimum atomic E-state index is -4.62. The molecule has 0 fully saturated rings. The summed E-state index contributed by atoms with van der Waals surface area (Å²) in [4.78, 5) is 0. The van der Waals surface area contributed by atoms with E-state index in [-0.39, 0.29) is 23.4 Å². The number of alkyl halides is 3. The predicted molar refractivity (Wildman–Crippen MR) is 112 cm³/mol. The molecular weight excluding hydrogens is 431 g/mol. The van der Waals surface area contributed by atoms with Crippen molar-refractivity contribution in [1.82, 2.24) is 14.5 Å². The van der Waals surface area contributed by atoms with Crippen molar-refractivity contribution in [3.63, 3.8) is 0 Å². The Morgan fingerprint density at radius 1 is 1.16 bits per heavy atom. The molecule has 0 saturated heterocycles. The molecule has 0 amide bonds. The van der Waals surface area contributed by atoms with Gasteiger partial charge < -0.3 is 5.11 Å². The van der Waals surface area contributed by atoms with E-state index >= 15 is 0 Å². The molecule has 3 rings (SSSR count). The highest BCUT2D eigenvalue weighted by molar-refractivity contribution is 7.88. The van der Waals surface area contributed by atoms with Crippen LogP contribution in [0.2, 0.25) is 0 Å². The number of aromatic nitrogens is 2. The van der Waals surface area contributed by atoms with Crippen LogP contribution < -0.4 is 4.72 Å². The van der Waals surface area contributed by atoms with Crippen molar-refractivity contribution in [2.75, 3.05) is 12.8 Å². The molecule has 0 radical (unpaired) electrons. The van der Waals surface area contributed by atoms with Gasteiger partial charge in [-0.3, -0.25) is 4.68 Å². The number of aromatic hydroxyl groups is 1. The summed E-state index contributed by atoms with van der Waals surface area (Å²) in [5, 5.41) is 14.5. The predicted octanol–water partition coefficient (Wildman–Crippen LogP) is 4.19. The third-order valence-corrected chi connectivity index (χ3v) is 5.36. The second-order valence-corrected chi connectivity index (χ2v) is 9.10. The molecule has 10 heteroatoms. The average Bonchev–Trinajstić information content (AvgIpc) is 3.13. The van der Waals surface area contributed by atoms with Gasteiger partial charge in [-0.05, 0) is 36.6 Å². The highest BCUT2D eigenvalue weighted by atomic mass is 32.2. The molecular formula is C21H22F3N3O3S. The maximum atomic E-state index is 13.9. The Kier molecular flexibility index (Phi) is 6.42. The zero-order chi connectivity index (χ0) is 22.8. The molecule has 2 aromatic carbocycles. The van der Waals surface area contributed by atoms with Crippen molar-refractivity contribution >= 4 is 10.0 Å². The van der Waals surface area contributed by atoms with Crippen molar-refractivity contribution < 1.29 is 26.7 Å². The zero-order valence-electron chi connectivity index (χ0n) is 16.9. The van der Waals surface area contributed by atoms with Gasteiger partial charge in [0.1, 0.15) is 5.75 Å². The maximum Gasteiger partial charge on any atom is 0.417 e. The van der Waals surface area contributed by atoms with Gasteiger partial charge in [0.2, 0.25) is 10.0 Å². The van der Waals surface area contributed by atoms with E-state index in [9.17, 15) is 26.7 Å². The molecule has 0 aliphatic carbocycles. The molecule has 0 aliphatic rings. The van der Waals surface area contributed by atoms with Crippen molar-refractivity contribution in [3.05, 3.63) is 59.9 Å². The normalized spacial score (nSPS) is 12.3. The third-order valence-electron chi connectivity index (χ3n) is 4.63. The molecule has 0 unspecified atom stereocenters. The fraction of sp³-hybridized carbons (Fsp3) is 0.286. The number of nitrogens with one attached hydrogen (secondary N) is 1. The number of hydrogen-bond donors (Lipinski definition) is 2. The molecule has 0 bridgehead atoms. The molecule has 0 spiro atoms. The van der Waals surface area contributed by atoms with Crippen LogP contribution in [0.1, 0.15) is 17.5 Å². The van der Waals surface area contributed by atoms with Gasteiger partial charge in [0.05, 0.1) is 18.0 Å². The second kappa shape index (κ2) is 8.72. The smallest absolute Gasteiger partial charge is 0.417 e. The number of phenolic OH excluding ortho intramolecular Hbond substituents is 1. The van der Waals surface area contributed by atoms with Gasteiger partial charge in [0, 0.05) is 36.0 Å². The van der Waals surface area contributed by atoms with Gasteiger partial charge in [-0.2, -0.15) is 18.3 Å². The highest BCUT2D eigenvalue weighted by Gasteiger charge is 2.36. The van der Waals surface area contributed by atoms with Gasteiger partial charge in [0.25, 0.3) is 0 Å². The molecule has 3 aromatic rings. The number of hydrogen-bond acceptors (Lipinski definition) is 4. The topological polar surface area (TPSA) is 84.2 Å². The number of para-hydroxylation sites is 1. The Balaban J connectivity index is 2.03. The number of rotatable bonds is 7. The van der Waals surface area contributed by atoms with Crippen molar-refractivity contribution in [3.8, 4) is 28.0 Å². The summed E-state index contributed by atoms with van der Waals surface area (Å²) in [7, 11) is -3.29. The lowest BCUT2D eigenvalue weighted by Crippen LogP contribution is -2.23. The Bertz CT molecular complexity index is 1190. The van der Waals surface area contributed by atoms with E-state index in [1.165, 1.54) is 18.3 Å². The first-order valence-corrected chi connectivity index (χ1v) is 11.3. The van der Waals surface area contributed by atoms with Gasteiger partial charge in [-0.1, -0.05) is 24.3 Å². The van der Waals surface area contributed by atoms with Crippen LogP contribution in [0, 0.1) is 6.92 Å². The van der Waals surface area contributed by atoms with Crippen LogP contribution in [0.15, 0.2) is 48.8 Å². The van der Waals surface area contributed by atoms with Crippen LogP contribution in [-0.2, 0) is 22.7 Å². The molecule has 2 N–H and O–H groups in total. The van der Waals surface area contributed by atoms with E-state index in [2.05, 4.69) is 9.82 Å². The summed E-state index contributed by atoms with van der Waals surface area (Å²) in [6.07, 6.45) is -0.0232. The molecule has 0 saturated carbocycles. The lowest BCUT2D eigenvalue weighted by molar-refractivity contribution is -0.137. The van der Waals surface area contributed by atoms with E-state index in [1.54, 1.807) is 36.0 Å². The van der Waals surface area contributed by atoms with E-state index in [4.69, 9.17) is 0 Å². The number of benzene rings is 2. The quantitative estimate of drug-likeness (QED) is 0.526. The number of sulfonamides is 1. The fourth-order valence-corrected chi connectivity index (χ4v) is 3.85. The Labute approximate surface area is 178 Å². The fourth-order valence-electron chi connectivity index (χ4n) is 3.34. The second-order valence-electron chi connectivity index (χ2n) is 7.26. The molecule has 1 aromatic heterocycles. The molecule has 6 nitrogen and oxygen atoms in total. The minimum Gasteiger partial charge on any atom is -0.507 e. The molecule has 31 heavy (non-hydrogen) atoms. The average molecular weight is 453 g/mol. The van der Waals surface area contributed by atoms with E-state index < -0.39 is 21.8 Å². The zero-order valence-corrected chi connectivity index (χ0v) is 17.8. The van der Waals surface area contributed by atoms with Crippen LogP contribution in [0.3, 0.4) is 0 Å². The van der Waals surface area contributed by atoms with Crippen LogP contribution in [-0.4, -0.2) is 36.1 Å². The maximum absolute atomic E-state index is 13.9. The summed E-state index contributed by atoms with van der Waals surface area (Å²) >= 11 is 0. The first-order valence-electron chi connectivity index (χ1n) is 9.43. The number of phenols is 1. The molecule has 166 valence electrons. The number of aryl methyl sites for hydroxylation is 2. The Hall–Kier alpha value is -2.85. The summed E-state index contributed by atoms with van der Waals surface area (Å²) < 4.78 is 67.9. The molecule has 0 aliphatic heterocycles. The summed E-state index contributed by atoms with van der Waals surface area (Å²) in [6.45, 7) is 2.18. The first kappa shape index (κ1) is 22.8. The summed E-state index contributed by atoms with van der Waals surface area (Å²) in [5.41, 5.74) is 0.308. The largest absolute Gasteiger partial charge is 0.507 e. The monoisotopic (exact) mass is 453 g/mol. The Morgan fingerprint density at radius 2 is 1.87 bits per heavy atom. The third kappa shape index (κ3) is 5.65.